The summed E-state index contributed by atoms with van der Waals surface area (Å²) in [7, 11) is 0. The van der Waals surface area contributed by atoms with E-state index in [-0.39, 0.29) is 12.1 Å². The average molecular weight is 266 g/mol. The number of aliphatic carboxylic acids is 1. The molecule has 2 amide bonds. The van der Waals surface area contributed by atoms with Crippen molar-refractivity contribution in [2.75, 3.05) is 6.54 Å². The van der Waals surface area contributed by atoms with Crippen molar-refractivity contribution in [3.8, 4) is 0 Å². The lowest BCUT2D eigenvalue weighted by Gasteiger charge is -2.15. The fourth-order valence-electron chi connectivity index (χ4n) is 2.96. The molecule has 0 heterocycles. The highest BCUT2D eigenvalue weighted by atomic mass is 16.4. The number of carbonyl (C=O) groups is 2. The van der Waals surface area contributed by atoms with E-state index in [9.17, 15) is 9.59 Å². The van der Waals surface area contributed by atoms with E-state index < -0.39 is 11.9 Å². The number of carboxylic acids is 1. The molecule has 2 rings (SSSR count). The molecular formula is C14H22N2O3. The Labute approximate surface area is 113 Å². The summed E-state index contributed by atoms with van der Waals surface area (Å²) < 4.78 is 0. The van der Waals surface area contributed by atoms with Gasteiger partial charge in [0.25, 0.3) is 0 Å². The minimum atomic E-state index is -0.832. The maximum absolute atomic E-state index is 11.7. The maximum atomic E-state index is 11.7. The lowest BCUT2D eigenvalue weighted by atomic mass is 10.1. The zero-order valence-electron chi connectivity index (χ0n) is 11.3. The van der Waals surface area contributed by atoms with Crippen molar-refractivity contribution >= 4 is 12.0 Å². The van der Waals surface area contributed by atoms with Crippen LogP contribution >= 0.6 is 0 Å². The van der Waals surface area contributed by atoms with E-state index in [1.165, 1.54) is 19.3 Å². The Bertz CT molecular complexity index is 381. The number of nitrogens with one attached hydrogen (secondary N) is 2. The van der Waals surface area contributed by atoms with Crippen LogP contribution < -0.4 is 10.6 Å². The van der Waals surface area contributed by atoms with Gasteiger partial charge in [-0.1, -0.05) is 25.5 Å². The molecule has 2 aliphatic rings. The van der Waals surface area contributed by atoms with Crippen LogP contribution in [-0.4, -0.2) is 29.7 Å². The molecule has 0 aromatic heterocycles. The first-order valence-corrected chi connectivity index (χ1v) is 7.00. The highest BCUT2D eigenvalue weighted by Gasteiger charge is 2.26. The second kappa shape index (κ2) is 6.08. The molecule has 1 fully saturated rings. The van der Waals surface area contributed by atoms with Gasteiger partial charge >= 0.3 is 12.0 Å². The van der Waals surface area contributed by atoms with Crippen LogP contribution in [0.2, 0.25) is 0 Å². The molecule has 0 radical (unpaired) electrons. The number of hydrogen-bond acceptors (Lipinski definition) is 2. The highest BCUT2D eigenvalue weighted by molar-refractivity contribution is 5.76. The number of carbonyl (C=O) groups excluding carboxylic acids is 1. The quantitative estimate of drug-likeness (QED) is 0.678. The number of hydrogen-bond donors (Lipinski definition) is 3. The number of carboxylic acid groups (broad SMARTS) is 1. The Morgan fingerprint density at radius 3 is 2.63 bits per heavy atom. The van der Waals surface area contributed by atoms with Gasteiger partial charge in [0, 0.05) is 6.54 Å². The topological polar surface area (TPSA) is 78.4 Å². The molecule has 0 bridgehead atoms. The first kappa shape index (κ1) is 13.9. The first-order chi connectivity index (χ1) is 9.04. The van der Waals surface area contributed by atoms with Crippen LogP contribution in [0.5, 0.6) is 0 Å². The van der Waals surface area contributed by atoms with Gasteiger partial charge in [-0.05, 0) is 31.1 Å². The molecule has 5 nitrogen and oxygen atoms in total. The molecular weight excluding hydrogens is 244 g/mol. The molecule has 0 aromatic carbocycles. The minimum absolute atomic E-state index is 0.163. The zero-order valence-corrected chi connectivity index (χ0v) is 11.3. The van der Waals surface area contributed by atoms with Gasteiger partial charge in [-0.2, -0.15) is 0 Å². The van der Waals surface area contributed by atoms with Crippen LogP contribution in [0.3, 0.4) is 0 Å². The SMILES string of the molecule is CC1CCC(CNC(=O)NC2C=CC(C(=O)O)C2)C1. The van der Waals surface area contributed by atoms with Crippen molar-refractivity contribution in [3.63, 3.8) is 0 Å². The van der Waals surface area contributed by atoms with Crippen LogP contribution in [0.1, 0.15) is 32.6 Å². The Balaban J connectivity index is 1.65. The number of rotatable bonds is 4. The summed E-state index contributed by atoms with van der Waals surface area (Å²) in [6.07, 6.45) is 7.47. The van der Waals surface area contributed by atoms with Gasteiger partial charge in [-0.25, -0.2) is 4.79 Å². The van der Waals surface area contributed by atoms with Gasteiger partial charge in [-0.15, -0.1) is 0 Å². The number of urea groups is 1. The average Bonchev–Trinajstić information content (AvgIpc) is 2.96. The zero-order chi connectivity index (χ0) is 13.8. The molecule has 0 saturated heterocycles. The largest absolute Gasteiger partial charge is 0.481 e. The van der Waals surface area contributed by atoms with Gasteiger partial charge in [0.15, 0.2) is 0 Å². The van der Waals surface area contributed by atoms with Crippen molar-refractivity contribution in [2.24, 2.45) is 17.8 Å². The third kappa shape index (κ3) is 3.98. The molecule has 5 heteroatoms. The Kier molecular flexibility index (Phi) is 4.45. The Morgan fingerprint density at radius 2 is 2.05 bits per heavy atom. The van der Waals surface area contributed by atoms with Gasteiger partial charge < -0.3 is 15.7 Å². The van der Waals surface area contributed by atoms with Crippen LogP contribution in [-0.2, 0) is 4.79 Å². The molecule has 0 aromatic rings. The third-order valence-electron chi connectivity index (χ3n) is 4.07. The van der Waals surface area contributed by atoms with E-state index in [0.29, 0.717) is 12.3 Å². The molecule has 4 atom stereocenters. The Morgan fingerprint density at radius 1 is 1.26 bits per heavy atom. The van der Waals surface area contributed by atoms with E-state index in [4.69, 9.17) is 5.11 Å². The highest BCUT2D eigenvalue weighted by Crippen LogP contribution is 2.29. The number of amides is 2. The van der Waals surface area contributed by atoms with Crippen molar-refractivity contribution in [3.05, 3.63) is 12.2 Å². The summed E-state index contributed by atoms with van der Waals surface area (Å²) in [5.41, 5.74) is 0. The van der Waals surface area contributed by atoms with E-state index in [2.05, 4.69) is 17.6 Å². The van der Waals surface area contributed by atoms with Crippen LogP contribution in [0.4, 0.5) is 4.79 Å². The fraction of sp³-hybridized carbons (Fsp3) is 0.714. The summed E-state index contributed by atoms with van der Waals surface area (Å²) in [5, 5.41) is 14.5. The summed E-state index contributed by atoms with van der Waals surface area (Å²) in [6, 6.07) is -0.358. The fourth-order valence-corrected chi connectivity index (χ4v) is 2.96. The van der Waals surface area contributed by atoms with Crippen LogP contribution in [0.15, 0.2) is 12.2 Å². The molecule has 4 unspecified atom stereocenters. The normalized spacial score (nSPS) is 33.3. The minimum Gasteiger partial charge on any atom is -0.481 e. The molecule has 0 spiro atoms. The standard InChI is InChI=1S/C14H22N2O3/c1-9-2-3-10(6-9)8-15-14(19)16-12-5-4-11(7-12)13(17)18/h4-5,9-12H,2-3,6-8H2,1H3,(H,17,18)(H2,15,16,19). The smallest absolute Gasteiger partial charge is 0.315 e. The van der Waals surface area contributed by atoms with Crippen LogP contribution in [0.25, 0.3) is 0 Å². The molecule has 19 heavy (non-hydrogen) atoms. The van der Waals surface area contributed by atoms with Crippen molar-refractivity contribution < 1.29 is 14.7 Å². The van der Waals surface area contributed by atoms with Crippen LogP contribution in [0, 0.1) is 17.8 Å². The van der Waals surface area contributed by atoms with Gasteiger partial charge in [0.2, 0.25) is 0 Å². The molecule has 106 valence electrons. The molecule has 0 aliphatic heterocycles. The monoisotopic (exact) mass is 266 g/mol. The molecule has 1 saturated carbocycles. The van der Waals surface area contributed by atoms with Gasteiger partial charge in [-0.3, -0.25) is 4.79 Å². The predicted octanol–water partition coefficient (Wildman–Crippen LogP) is 1.75. The summed E-state index contributed by atoms with van der Waals surface area (Å²) in [6.45, 7) is 2.96. The summed E-state index contributed by atoms with van der Waals surface area (Å²) in [4.78, 5) is 22.5. The van der Waals surface area contributed by atoms with E-state index in [1.54, 1.807) is 12.2 Å². The maximum Gasteiger partial charge on any atom is 0.315 e. The lowest BCUT2D eigenvalue weighted by molar-refractivity contribution is -0.140. The van der Waals surface area contributed by atoms with Crippen molar-refractivity contribution in [1.29, 1.82) is 0 Å². The second-order valence-electron chi connectivity index (χ2n) is 5.81. The third-order valence-corrected chi connectivity index (χ3v) is 4.07. The first-order valence-electron chi connectivity index (χ1n) is 7.00. The van der Waals surface area contributed by atoms with Crippen molar-refractivity contribution in [2.45, 2.75) is 38.6 Å². The second-order valence-corrected chi connectivity index (χ2v) is 5.81. The van der Waals surface area contributed by atoms with E-state index in [0.717, 1.165) is 12.5 Å². The van der Waals surface area contributed by atoms with Crippen molar-refractivity contribution in [1.82, 2.24) is 10.6 Å². The lowest BCUT2D eigenvalue weighted by Crippen LogP contribution is -2.42. The Hall–Kier alpha value is -1.52. The van der Waals surface area contributed by atoms with Gasteiger partial charge in [0.05, 0.1) is 12.0 Å². The summed E-state index contributed by atoms with van der Waals surface area (Å²) in [5.74, 6) is 0.0532. The van der Waals surface area contributed by atoms with E-state index in [1.807, 2.05) is 0 Å². The van der Waals surface area contributed by atoms with E-state index >= 15 is 0 Å². The van der Waals surface area contributed by atoms with Gasteiger partial charge in [0.1, 0.15) is 0 Å². The molecule has 3 N–H and O–H groups in total. The molecule has 2 aliphatic carbocycles. The predicted molar refractivity (Wildman–Crippen MR) is 71.7 cm³/mol. The summed E-state index contributed by atoms with van der Waals surface area (Å²) >= 11 is 0.